The molecule has 0 saturated heterocycles. The van der Waals surface area contributed by atoms with Gasteiger partial charge in [-0.25, -0.2) is 4.39 Å². The predicted molar refractivity (Wildman–Crippen MR) is 70.3 cm³/mol. The number of esters is 1. The number of carbonyl (C=O) groups is 1. The van der Waals surface area contributed by atoms with E-state index in [0.29, 0.717) is 17.7 Å². The summed E-state index contributed by atoms with van der Waals surface area (Å²) in [6.07, 6.45) is 0.792. The molecule has 1 aromatic carbocycles. The molecule has 19 heavy (non-hydrogen) atoms. The Morgan fingerprint density at radius 3 is 2.63 bits per heavy atom. The first-order chi connectivity index (χ1) is 8.97. The van der Waals surface area contributed by atoms with Crippen molar-refractivity contribution in [2.24, 2.45) is 11.7 Å². The second-order valence-electron chi connectivity index (χ2n) is 4.62. The third-order valence-corrected chi connectivity index (χ3v) is 3.01. The van der Waals surface area contributed by atoms with E-state index in [4.69, 9.17) is 10.5 Å². The second-order valence-corrected chi connectivity index (χ2v) is 4.62. The van der Waals surface area contributed by atoms with Gasteiger partial charge >= 0.3 is 5.97 Å². The average Bonchev–Trinajstić information content (AvgIpc) is 2.37. The molecule has 0 amide bonds. The summed E-state index contributed by atoms with van der Waals surface area (Å²) in [5.41, 5.74) is 6.40. The Bertz CT molecular complexity index is 437. The smallest absolute Gasteiger partial charge is 0.305 e. The third-order valence-electron chi connectivity index (χ3n) is 3.01. The molecule has 0 aliphatic heterocycles. The Morgan fingerprint density at radius 1 is 1.42 bits per heavy atom. The lowest BCUT2D eigenvalue weighted by atomic mass is 9.94. The van der Waals surface area contributed by atoms with Crippen LogP contribution in [0.2, 0.25) is 0 Å². The summed E-state index contributed by atoms with van der Waals surface area (Å²) in [7, 11) is 2.82. The molecular formula is C14H20FNO3. The standard InChI is InChI=1S/C14H20FNO3/c1-9(7-14(17)19-3)6-13(16)11-5-4-10(18-2)8-12(11)15/h4-5,8-9,13H,6-7,16H2,1-3H3. The van der Waals surface area contributed by atoms with Crippen molar-refractivity contribution < 1.29 is 18.7 Å². The van der Waals surface area contributed by atoms with Gasteiger partial charge in [0.25, 0.3) is 0 Å². The highest BCUT2D eigenvalue weighted by atomic mass is 19.1. The van der Waals surface area contributed by atoms with E-state index in [1.165, 1.54) is 20.3 Å². The number of hydrogen-bond acceptors (Lipinski definition) is 4. The first-order valence-electron chi connectivity index (χ1n) is 6.13. The van der Waals surface area contributed by atoms with Crippen molar-refractivity contribution in [1.82, 2.24) is 0 Å². The number of hydrogen-bond donors (Lipinski definition) is 1. The van der Waals surface area contributed by atoms with E-state index >= 15 is 0 Å². The van der Waals surface area contributed by atoms with Crippen LogP contribution in [0.1, 0.15) is 31.4 Å². The van der Waals surface area contributed by atoms with Crippen LogP contribution in [-0.4, -0.2) is 20.2 Å². The van der Waals surface area contributed by atoms with Crippen molar-refractivity contribution in [2.75, 3.05) is 14.2 Å². The molecule has 0 aliphatic rings. The van der Waals surface area contributed by atoms with Crippen LogP contribution >= 0.6 is 0 Å². The monoisotopic (exact) mass is 269 g/mol. The Morgan fingerprint density at radius 2 is 2.11 bits per heavy atom. The minimum atomic E-state index is -0.453. The number of ether oxygens (including phenoxy) is 2. The molecule has 4 nitrogen and oxygen atoms in total. The van der Waals surface area contributed by atoms with Crippen LogP contribution < -0.4 is 10.5 Å². The number of halogens is 1. The lowest BCUT2D eigenvalue weighted by Gasteiger charge is -2.17. The zero-order valence-corrected chi connectivity index (χ0v) is 11.5. The molecule has 2 atom stereocenters. The quantitative estimate of drug-likeness (QED) is 0.806. The number of rotatable bonds is 6. The first kappa shape index (κ1) is 15.4. The molecule has 0 aliphatic carbocycles. The summed E-state index contributed by atoms with van der Waals surface area (Å²) < 4.78 is 23.3. The summed E-state index contributed by atoms with van der Waals surface area (Å²) >= 11 is 0. The van der Waals surface area contributed by atoms with Gasteiger partial charge in [-0.15, -0.1) is 0 Å². The van der Waals surface area contributed by atoms with Gasteiger partial charge in [0, 0.05) is 24.1 Å². The lowest BCUT2D eigenvalue weighted by Crippen LogP contribution is -2.17. The van der Waals surface area contributed by atoms with Gasteiger partial charge in [0.2, 0.25) is 0 Å². The van der Waals surface area contributed by atoms with Gasteiger partial charge in [-0.05, 0) is 18.4 Å². The van der Waals surface area contributed by atoms with Crippen LogP contribution in [0.15, 0.2) is 18.2 Å². The molecule has 0 aromatic heterocycles. The highest BCUT2D eigenvalue weighted by Gasteiger charge is 2.17. The highest BCUT2D eigenvalue weighted by Crippen LogP contribution is 2.25. The van der Waals surface area contributed by atoms with Crippen molar-refractivity contribution in [3.05, 3.63) is 29.6 Å². The van der Waals surface area contributed by atoms with Gasteiger partial charge in [0.1, 0.15) is 11.6 Å². The van der Waals surface area contributed by atoms with Crippen molar-refractivity contribution in [1.29, 1.82) is 0 Å². The molecule has 2 N–H and O–H groups in total. The molecule has 106 valence electrons. The van der Waals surface area contributed by atoms with Crippen LogP contribution in [0.4, 0.5) is 4.39 Å². The fourth-order valence-electron chi connectivity index (χ4n) is 1.95. The third kappa shape index (κ3) is 4.52. The minimum absolute atomic E-state index is 0.0314. The maximum Gasteiger partial charge on any atom is 0.305 e. The van der Waals surface area contributed by atoms with Gasteiger partial charge in [0.05, 0.1) is 14.2 Å². The van der Waals surface area contributed by atoms with E-state index in [0.717, 1.165) is 0 Å². The van der Waals surface area contributed by atoms with Crippen molar-refractivity contribution in [3.63, 3.8) is 0 Å². The molecule has 5 heteroatoms. The SMILES string of the molecule is COC(=O)CC(C)CC(N)c1ccc(OC)cc1F. The molecular weight excluding hydrogens is 249 g/mol. The van der Waals surface area contributed by atoms with Crippen LogP contribution in [0.25, 0.3) is 0 Å². The Hall–Kier alpha value is -1.62. The van der Waals surface area contributed by atoms with E-state index in [9.17, 15) is 9.18 Å². The Balaban J connectivity index is 2.67. The second kappa shape index (κ2) is 7.09. The summed E-state index contributed by atoms with van der Waals surface area (Å²) in [5.74, 6) is -0.188. The Kier molecular flexibility index (Phi) is 5.76. The first-order valence-corrected chi connectivity index (χ1v) is 6.13. The van der Waals surface area contributed by atoms with E-state index in [2.05, 4.69) is 4.74 Å². The predicted octanol–water partition coefficient (Wildman–Crippen LogP) is 2.42. The number of methoxy groups -OCH3 is 2. The number of nitrogens with two attached hydrogens (primary N) is 1. The summed E-state index contributed by atoms with van der Waals surface area (Å²) in [6, 6.07) is 4.14. The molecule has 1 rings (SSSR count). The van der Waals surface area contributed by atoms with Crippen LogP contribution in [0.3, 0.4) is 0 Å². The maximum absolute atomic E-state index is 13.8. The van der Waals surface area contributed by atoms with E-state index < -0.39 is 11.9 Å². The number of benzene rings is 1. The van der Waals surface area contributed by atoms with Gasteiger partial charge in [-0.2, -0.15) is 0 Å². The zero-order chi connectivity index (χ0) is 14.4. The largest absolute Gasteiger partial charge is 0.497 e. The number of carbonyl (C=O) groups excluding carboxylic acids is 1. The van der Waals surface area contributed by atoms with E-state index in [1.807, 2.05) is 6.92 Å². The molecule has 0 fully saturated rings. The van der Waals surface area contributed by atoms with Gasteiger partial charge in [-0.3, -0.25) is 4.79 Å². The Labute approximate surface area is 112 Å². The van der Waals surface area contributed by atoms with Gasteiger partial charge < -0.3 is 15.2 Å². The molecule has 0 bridgehead atoms. The maximum atomic E-state index is 13.8. The molecule has 0 saturated carbocycles. The minimum Gasteiger partial charge on any atom is -0.497 e. The fraction of sp³-hybridized carbons (Fsp3) is 0.500. The normalized spacial score (nSPS) is 13.7. The van der Waals surface area contributed by atoms with Gasteiger partial charge in [-0.1, -0.05) is 13.0 Å². The molecule has 0 radical (unpaired) electrons. The average molecular weight is 269 g/mol. The highest BCUT2D eigenvalue weighted by molar-refractivity contribution is 5.69. The molecule has 2 unspecified atom stereocenters. The van der Waals surface area contributed by atoms with Crippen molar-refractivity contribution in [3.8, 4) is 5.75 Å². The fourth-order valence-corrected chi connectivity index (χ4v) is 1.95. The van der Waals surface area contributed by atoms with E-state index in [1.54, 1.807) is 12.1 Å². The summed E-state index contributed by atoms with van der Waals surface area (Å²) in [6.45, 7) is 1.89. The molecule has 1 aromatic rings. The molecule has 0 spiro atoms. The summed E-state index contributed by atoms with van der Waals surface area (Å²) in [5, 5.41) is 0. The van der Waals surface area contributed by atoms with Crippen LogP contribution in [0.5, 0.6) is 5.75 Å². The van der Waals surface area contributed by atoms with Crippen molar-refractivity contribution >= 4 is 5.97 Å². The zero-order valence-electron chi connectivity index (χ0n) is 11.5. The van der Waals surface area contributed by atoms with Gasteiger partial charge in [0.15, 0.2) is 0 Å². The topological polar surface area (TPSA) is 61.5 Å². The summed E-state index contributed by atoms with van der Waals surface area (Å²) in [4.78, 5) is 11.1. The lowest BCUT2D eigenvalue weighted by molar-refractivity contribution is -0.141. The van der Waals surface area contributed by atoms with Crippen LogP contribution in [-0.2, 0) is 9.53 Å². The molecule has 0 heterocycles. The van der Waals surface area contributed by atoms with E-state index in [-0.39, 0.29) is 18.3 Å². The van der Waals surface area contributed by atoms with Crippen molar-refractivity contribution in [2.45, 2.75) is 25.8 Å². The van der Waals surface area contributed by atoms with Crippen LogP contribution in [0, 0.1) is 11.7 Å².